The summed E-state index contributed by atoms with van der Waals surface area (Å²) in [7, 11) is 0. The maximum atomic E-state index is 11.1. The van der Waals surface area contributed by atoms with E-state index >= 15 is 0 Å². The number of primary amides is 1. The first-order valence-corrected chi connectivity index (χ1v) is 6.97. The van der Waals surface area contributed by atoms with Crippen LogP contribution in [0, 0.1) is 0 Å². The van der Waals surface area contributed by atoms with E-state index in [0.717, 1.165) is 6.08 Å². The van der Waals surface area contributed by atoms with Gasteiger partial charge < -0.3 is 20.3 Å². The molecule has 0 aliphatic rings. The molecule has 0 spiro atoms. The largest absolute Gasteiger partial charge is 0.490 e. The van der Waals surface area contributed by atoms with Crippen LogP contribution in [0.1, 0.15) is 19.4 Å². The predicted molar refractivity (Wildman–Crippen MR) is 81.3 cm³/mol. The fraction of sp³-hybridized carbons (Fsp3) is 0.286. The molecule has 0 aliphatic carbocycles. The molecule has 0 heterocycles. The summed E-state index contributed by atoms with van der Waals surface area (Å²) in [5.41, 5.74) is 5.79. The van der Waals surface area contributed by atoms with Crippen LogP contribution in [0.3, 0.4) is 0 Å². The zero-order chi connectivity index (χ0) is 16.0. The molecule has 6 nitrogen and oxygen atoms in total. The Hall–Kier alpha value is -2.02. The lowest BCUT2D eigenvalue weighted by atomic mass is 10.2. The molecule has 0 saturated carbocycles. The number of benzene rings is 1. The summed E-state index contributed by atoms with van der Waals surface area (Å²) in [4.78, 5) is 21.6. The zero-order valence-corrected chi connectivity index (χ0v) is 13.2. The van der Waals surface area contributed by atoms with Gasteiger partial charge in [0.1, 0.15) is 0 Å². The minimum Gasteiger partial charge on any atom is -0.490 e. The van der Waals surface area contributed by atoms with Crippen LogP contribution in [0.4, 0.5) is 0 Å². The molecule has 1 unspecified atom stereocenters. The van der Waals surface area contributed by atoms with Crippen molar-refractivity contribution in [2.24, 2.45) is 5.73 Å². The zero-order valence-electron chi connectivity index (χ0n) is 11.6. The van der Waals surface area contributed by atoms with E-state index < -0.39 is 18.0 Å². The number of hydrogen-bond acceptors (Lipinski definition) is 4. The first-order valence-electron chi connectivity index (χ1n) is 6.18. The third-order valence-electron chi connectivity index (χ3n) is 2.45. The Morgan fingerprint density at radius 1 is 1.48 bits per heavy atom. The predicted octanol–water partition coefficient (Wildman–Crippen LogP) is 2.20. The number of hydrogen-bond donors (Lipinski definition) is 2. The molecule has 1 aromatic carbocycles. The van der Waals surface area contributed by atoms with Gasteiger partial charge >= 0.3 is 5.97 Å². The second-order valence-corrected chi connectivity index (χ2v) is 4.95. The van der Waals surface area contributed by atoms with Gasteiger partial charge in [-0.15, -0.1) is 0 Å². The van der Waals surface area contributed by atoms with Crippen molar-refractivity contribution < 1.29 is 24.2 Å². The smallest absolute Gasteiger partial charge is 0.328 e. The molecule has 1 amide bonds. The molecule has 0 aliphatic heterocycles. The molecule has 0 radical (unpaired) electrons. The Morgan fingerprint density at radius 3 is 2.67 bits per heavy atom. The molecule has 0 fully saturated rings. The molecule has 0 bridgehead atoms. The number of carboxylic acid groups (broad SMARTS) is 1. The van der Waals surface area contributed by atoms with Crippen LogP contribution in [0.25, 0.3) is 6.08 Å². The lowest BCUT2D eigenvalue weighted by Crippen LogP contribution is -2.30. The van der Waals surface area contributed by atoms with E-state index in [0.29, 0.717) is 28.1 Å². The molecule has 7 heteroatoms. The molecule has 1 rings (SSSR count). The molecule has 3 N–H and O–H groups in total. The van der Waals surface area contributed by atoms with Crippen LogP contribution in [0.5, 0.6) is 11.5 Å². The van der Waals surface area contributed by atoms with Gasteiger partial charge in [-0.2, -0.15) is 0 Å². The normalized spacial score (nSPS) is 12.1. The van der Waals surface area contributed by atoms with Gasteiger partial charge in [-0.05, 0) is 53.5 Å². The monoisotopic (exact) mass is 357 g/mol. The summed E-state index contributed by atoms with van der Waals surface area (Å²) in [6.07, 6.45) is 1.63. The van der Waals surface area contributed by atoms with Crippen LogP contribution < -0.4 is 15.2 Å². The van der Waals surface area contributed by atoms with Crippen molar-refractivity contribution in [3.63, 3.8) is 0 Å². The van der Waals surface area contributed by atoms with Crippen molar-refractivity contribution in [1.29, 1.82) is 0 Å². The Labute approximate surface area is 130 Å². The Morgan fingerprint density at radius 2 is 2.14 bits per heavy atom. The van der Waals surface area contributed by atoms with E-state index in [-0.39, 0.29) is 0 Å². The van der Waals surface area contributed by atoms with Crippen molar-refractivity contribution in [1.82, 2.24) is 0 Å². The summed E-state index contributed by atoms with van der Waals surface area (Å²) < 4.78 is 11.5. The summed E-state index contributed by atoms with van der Waals surface area (Å²) in [6.45, 7) is 3.72. The van der Waals surface area contributed by atoms with Gasteiger partial charge in [0, 0.05) is 6.08 Å². The van der Waals surface area contributed by atoms with E-state index in [1.807, 2.05) is 0 Å². The van der Waals surface area contributed by atoms with Crippen molar-refractivity contribution >= 4 is 33.9 Å². The second kappa shape index (κ2) is 7.68. The van der Waals surface area contributed by atoms with Crippen molar-refractivity contribution in [3.05, 3.63) is 28.2 Å². The van der Waals surface area contributed by atoms with E-state index in [4.69, 9.17) is 20.3 Å². The maximum Gasteiger partial charge on any atom is 0.328 e. The van der Waals surface area contributed by atoms with Crippen LogP contribution >= 0.6 is 15.9 Å². The molecule has 1 aromatic rings. The third-order valence-corrected chi connectivity index (χ3v) is 3.03. The highest BCUT2D eigenvalue weighted by atomic mass is 79.9. The molecule has 0 saturated heterocycles. The number of carbonyl (C=O) groups is 2. The second-order valence-electron chi connectivity index (χ2n) is 4.10. The van der Waals surface area contributed by atoms with E-state index in [9.17, 15) is 9.59 Å². The van der Waals surface area contributed by atoms with Crippen molar-refractivity contribution in [2.45, 2.75) is 20.0 Å². The van der Waals surface area contributed by atoms with Gasteiger partial charge in [0.15, 0.2) is 17.6 Å². The van der Waals surface area contributed by atoms with E-state index in [1.54, 1.807) is 19.1 Å². The summed E-state index contributed by atoms with van der Waals surface area (Å²) in [6, 6.07) is 3.28. The van der Waals surface area contributed by atoms with Gasteiger partial charge in [0.05, 0.1) is 11.1 Å². The van der Waals surface area contributed by atoms with E-state index in [2.05, 4.69) is 15.9 Å². The fourth-order valence-corrected chi connectivity index (χ4v) is 2.02. The minimum atomic E-state index is -1.05. The number of halogens is 1. The number of carbonyl (C=O) groups excluding carboxylic acids is 1. The fourth-order valence-electron chi connectivity index (χ4n) is 1.46. The average Bonchev–Trinajstić information content (AvgIpc) is 2.40. The SMILES string of the molecule is CCOc1cc(/C=C/C(=O)O)cc(Br)c1OC(C)C(N)=O. The maximum absolute atomic E-state index is 11.1. The van der Waals surface area contributed by atoms with Crippen molar-refractivity contribution in [3.8, 4) is 11.5 Å². The Kier molecular flexibility index (Phi) is 6.23. The third kappa shape index (κ3) is 5.11. The van der Waals surface area contributed by atoms with Crippen molar-refractivity contribution in [2.75, 3.05) is 6.61 Å². The number of rotatable bonds is 7. The number of carboxylic acids is 1. The van der Waals surface area contributed by atoms with E-state index in [1.165, 1.54) is 13.0 Å². The Balaban J connectivity index is 3.18. The average molecular weight is 358 g/mol. The minimum absolute atomic E-state index is 0.343. The van der Waals surface area contributed by atoms with Crippen LogP contribution in [-0.4, -0.2) is 29.7 Å². The highest BCUT2D eigenvalue weighted by Gasteiger charge is 2.17. The molecular weight excluding hydrogens is 342 g/mol. The van der Waals surface area contributed by atoms with Gasteiger partial charge in [-0.25, -0.2) is 4.79 Å². The lowest BCUT2D eigenvalue weighted by Gasteiger charge is -2.17. The number of ether oxygens (including phenoxy) is 2. The molecule has 21 heavy (non-hydrogen) atoms. The molecular formula is C14H16BrNO5. The topological polar surface area (TPSA) is 98.8 Å². The number of amides is 1. The van der Waals surface area contributed by atoms with Crippen LogP contribution in [0.15, 0.2) is 22.7 Å². The summed E-state index contributed by atoms with van der Waals surface area (Å²) in [5, 5.41) is 8.65. The standard InChI is InChI=1S/C14H16BrNO5/c1-3-20-11-7-9(4-5-12(17)18)6-10(15)13(11)21-8(2)14(16)19/h4-8H,3H2,1-2H3,(H2,16,19)(H,17,18)/b5-4+. The van der Waals surface area contributed by atoms with Crippen LogP contribution in [-0.2, 0) is 9.59 Å². The van der Waals surface area contributed by atoms with Gasteiger partial charge in [0.25, 0.3) is 5.91 Å². The molecule has 0 aromatic heterocycles. The summed E-state index contributed by atoms with van der Waals surface area (Å²) >= 11 is 3.31. The number of aliphatic carboxylic acids is 1. The first kappa shape index (κ1) is 17.0. The number of nitrogens with two attached hydrogens (primary N) is 1. The Bertz CT molecular complexity index is 571. The summed E-state index contributed by atoms with van der Waals surface area (Å²) in [5.74, 6) is -0.911. The molecule has 1 atom stereocenters. The molecule has 114 valence electrons. The highest BCUT2D eigenvalue weighted by molar-refractivity contribution is 9.10. The van der Waals surface area contributed by atoms with Crippen LogP contribution in [0.2, 0.25) is 0 Å². The van der Waals surface area contributed by atoms with Gasteiger partial charge in [-0.1, -0.05) is 0 Å². The lowest BCUT2D eigenvalue weighted by molar-refractivity contribution is -0.131. The first-order chi connectivity index (χ1) is 9.85. The van der Waals surface area contributed by atoms with Gasteiger partial charge in [-0.3, -0.25) is 4.79 Å². The highest BCUT2D eigenvalue weighted by Crippen LogP contribution is 2.38. The quantitative estimate of drug-likeness (QED) is 0.728. The van der Waals surface area contributed by atoms with Gasteiger partial charge in [0.2, 0.25) is 0 Å².